The van der Waals surface area contributed by atoms with Crippen LogP contribution in [0.1, 0.15) is 11.3 Å². The van der Waals surface area contributed by atoms with Crippen molar-refractivity contribution in [3.63, 3.8) is 0 Å². The molecule has 0 radical (unpaired) electrons. The number of nitriles is 1. The molecule has 1 heterocycles. The molecule has 0 aliphatic carbocycles. The number of aryl methyl sites for hydroxylation is 1. The fourth-order valence-electron chi connectivity index (χ4n) is 2.55. The number of nitrogens with zero attached hydrogens (tertiary/aromatic N) is 2. The second-order valence-corrected chi connectivity index (χ2v) is 7.03. The molecule has 3 rings (SSSR count). The summed E-state index contributed by atoms with van der Waals surface area (Å²) in [4.78, 5) is 22.9. The number of carbonyl (C=O) groups excluding carboxylic acids is 1. The predicted octanol–water partition coefficient (Wildman–Crippen LogP) is 6.02. The van der Waals surface area contributed by atoms with Crippen molar-refractivity contribution in [1.29, 1.82) is 5.26 Å². The average Bonchev–Trinajstić information content (AvgIpc) is 3.17. The zero-order valence-corrected chi connectivity index (χ0v) is 17.0. The maximum absolute atomic E-state index is 12.4. The van der Waals surface area contributed by atoms with Crippen molar-refractivity contribution in [2.75, 3.05) is 5.32 Å². The third-order valence-electron chi connectivity index (χ3n) is 4.13. The van der Waals surface area contributed by atoms with Gasteiger partial charge in [-0.3, -0.25) is 14.9 Å². The first-order chi connectivity index (χ1) is 14.3. The van der Waals surface area contributed by atoms with Gasteiger partial charge < -0.3 is 9.73 Å². The molecule has 0 aliphatic rings. The largest absolute Gasteiger partial charge is 0.457 e. The smallest absolute Gasteiger partial charge is 0.270 e. The fraction of sp³-hybridized carbons (Fsp3) is 0.0476. The number of carbonyl (C=O) groups is 1. The highest BCUT2D eigenvalue weighted by Crippen LogP contribution is 2.33. The van der Waals surface area contributed by atoms with Crippen LogP contribution in [0.25, 0.3) is 17.4 Å². The number of rotatable bonds is 5. The van der Waals surface area contributed by atoms with Crippen LogP contribution < -0.4 is 5.32 Å². The molecule has 1 aromatic heterocycles. The minimum absolute atomic E-state index is 0.142. The van der Waals surface area contributed by atoms with Gasteiger partial charge in [-0.15, -0.1) is 0 Å². The molecule has 0 atom stereocenters. The molecule has 0 unspecified atom stereocenters. The van der Waals surface area contributed by atoms with Gasteiger partial charge in [-0.1, -0.05) is 29.3 Å². The number of benzene rings is 2. The van der Waals surface area contributed by atoms with Gasteiger partial charge in [0.1, 0.15) is 23.2 Å². The van der Waals surface area contributed by atoms with E-state index in [4.69, 9.17) is 27.6 Å². The summed E-state index contributed by atoms with van der Waals surface area (Å²) in [6.07, 6.45) is 1.26. The number of halogens is 2. The minimum Gasteiger partial charge on any atom is -0.457 e. The summed E-state index contributed by atoms with van der Waals surface area (Å²) < 4.78 is 5.62. The van der Waals surface area contributed by atoms with E-state index < -0.39 is 10.8 Å². The molecule has 0 saturated carbocycles. The highest BCUT2D eigenvalue weighted by molar-refractivity contribution is 6.33. The van der Waals surface area contributed by atoms with Crippen LogP contribution in [0, 0.1) is 28.4 Å². The monoisotopic (exact) mass is 441 g/mol. The Bertz CT molecular complexity index is 1230. The highest BCUT2D eigenvalue weighted by atomic mass is 35.5. The van der Waals surface area contributed by atoms with Gasteiger partial charge in [0.15, 0.2) is 0 Å². The van der Waals surface area contributed by atoms with Crippen LogP contribution in [0.4, 0.5) is 11.4 Å². The summed E-state index contributed by atoms with van der Waals surface area (Å²) in [5.41, 5.74) is 1.28. The van der Waals surface area contributed by atoms with Crippen molar-refractivity contribution in [1.82, 2.24) is 0 Å². The van der Waals surface area contributed by atoms with Crippen LogP contribution in [0.15, 0.2) is 58.5 Å². The lowest BCUT2D eigenvalue weighted by molar-refractivity contribution is -0.384. The van der Waals surface area contributed by atoms with Crippen molar-refractivity contribution in [3.05, 3.63) is 85.6 Å². The van der Waals surface area contributed by atoms with Crippen molar-refractivity contribution in [3.8, 4) is 17.4 Å². The molecule has 9 heteroatoms. The van der Waals surface area contributed by atoms with E-state index in [1.165, 1.54) is 30.3 Å². The number of furan rings is 1. The Labute approximate surface area is 181 Å². The lowest BCUT2D eigenvalue weighted by atomic mass is 10.1. The lowest BCUT2D eigenvalue weighted by Gasteiger charge is -2.06. The van der Waals surface area contributed by atoms with E-state index in [0.29, 0.717) is 16.3 Å². The Morgan fingerprint density at radius 1 is 1.17 bits per heavy atom. The van der Waals surface area contributed by atoms with Gasteiger partial charge in [0.2, 0.25) is 0 Å². The first kappa shape index (κ1) is 21.1. The van der Waals surface area contributed by atoms with Crippen LogP contribution in [-0.2, 0) is 4.79 Å². The highest BCUT2D eigenvalue weighted by Gasteiger charge is 2.15. The Balaban J connectivity index is 1.86. The molecular formula is C21H13Cl2N3O4. The second kappa shape index (κ2) is 8.82. The van der Waals surface area contributed by atoms with Gasteiger partial charge in [-0.05, 0) is 42.8 Å². The number of hydrogen-bond donors (Lipinski definition) is 1. The molecular weight excluding hydrogens is 429 g/mol. The molecule has 0 bridgehead atoms. The van der Waals surface area contributed by atoms with Crippen LogP contribution >= 0.6 is 23.2 Å². The minimum atomic E-state index is -0.635. The molecule has 0 fully saturated rings. The van der Waals surface area contributed by atoms with Gasteiger partial charge in [0.25, 0.3) is 11.6 Å². The second-order valence-electron chi connectivity index (χ2n) is 6.21. The first-order valence-electron chi connectivity index (χ1n) is 8.52. The van der Waals surface area contributed by atoms with E-state index in [0.717, 1.165) is 5.56 Å². The van der Waals surface area contributed by atoms with Gasteiger partial charge >= 0.3 is 0 Å². The number of non-ortho nitro benzene ring substituents is 1. The van der Waals surface area contributed by atoms with E-state index in [1.807, 2.05) is 13.0 Å². The number of nitro benzene ring substituents is 1. The molecule has 2 aromatic carbocycles. The molecule has 0 spiro atoms. The average molecular weight is 442 g/mol. The van der Waals surface area contributed by atoms with Crippen molar-refractivity contribution >= 4 is 46.6 Å². The van der Waals surface area contributed by atoms with Crippen molar-refractivity contribution in [2.45, 2.75) is 6.92 Å². The van der Waals surface area contributed by atoms with Crippen LogP contribution in [-0.4, -0.2) is 10.8 Å². The molecule has 0 saturated heterocycles. The summed E-state index contributed by atoms with van der Waals surface area (Å²) in [6, 6.07) is 13.9. The molecule has 7 nitrogen and oxygen atoms in total. The molecule has 0 aliphatic heterocycles. The summed E-state index contributed by atoms with van der Waals surface area (Å²) >= 11 is 12.2. The fourth-order valence-corrected chi connectivity index (χ4v) is 2.94. The Kier molecular flexibility index (Phi) is 6.21. The quantitative estimate of drug-likeness (QED) is 0.225. The van der Waals surface area contributed by atoms with Gasteiger partial charge in [0, 0.05) is 34.5 Å². The van der Waals surface area contributed by atoms with Gasteiger partial charge in [-0.25, -0.2) is 0 Å². The van der Waals surface area contributed by atoms with E-state index in [1.54, 1.807) is 24.3 Å². The maximum atomic E-state index is 12.4. The molecule has 150 valence electrons. The Morgan fingerprint density at radius 3 is 2.60 bits per heavy atom. The van der Waals surface area contributed by atoms with E-state index in [9.17, 15) is 20.2 Å². The van der Waals surface area contributed by atoms with Crippen molar-refractivity contribution < 1.29 is 14.1 Å². The zero-order chi connectivity index (χ0) is 21.8. The topological polar surface area (TPSA) is 109 Å². The van der Waals surface area contributed by atoms with E-state index in [-0.39, 0.29) is 27.8 Å². The molecule has 1 amide bonds. The summed E-state index contributed by atoms with van der Waals surface area (Å²) in [5, 5.41) is 23.7. The zero-order valence-electron chi connectivity index (χ0n) is 15.5. The number of anilines is 1. The standard InChI is InChI=1S/C21H13Cl2N3O4/c1-12-2-3-14(9-19(12)23)25-21(27)13(11-24)8-16-5-7-20(30-16)17-10-15(26(28)29)4-6-18(17)22/h2-10H,1H3,(H,25,27)/b13-8+. The van der Waals surface area contributed by atoms with Gasteiger partial charge in [0.05, 0.1) is 9.95 Å². The number of amides is 1. The lowest BCUT2D eigenvalue weighted by Crippen LogP contribution is -2.13. The number of nitro groups is 1. The van der Waals surface area contributed by atoms with Gasteiger partial charge in [-0.2, -0.15) is 5.26 Å². The summed E-state index contributed by atoms with van der Waals surface area (Å²) in [7, 11) is 0. The molecule has 30 heavy (non-hydrogen) atoms. The van der Waals surface area contributed by atoms with Crippen molar-refractivity contribution in [2.24, 2.45) is 0 Å². The molecule has 3 aromatic rings. The number of nitrogens with one attached hydrogen (secondary N) is 1. The van der Waals surface area contributed by atoms with Crippen LogP contribution in [0.5, 0.6) is 0 Å². The Morgan fingerprint density at radius 2 is 1.93 bits per heavy atom. The summed E-state index contributed by atoms with van der Waals surface area (Å²) in [5.74, 6) is -0.164. The predicted molar refractivity (Wildman–Crippen MR) is 114 cm³/mol. The maximum Gasteiger partial charge on any atom is 0.270 e. The molecule has 1 N–H and O–H groups in total. The van der Waals surface area contributed by atoms with E-state index >= 15 is 0 Å². The third-order valence-corrected chi connectivity index (χ3v) is 4.87. The Hall–Kier alpha value is -3.60. The van der Waals surface area contributed by atoms with Crippen LogP contribution in [0.3, 0.4) is 0 Å². The SMILES string of the molecule is Cc1ccc(NC(=O)/C(C#N)=C/c2ccc(-c3cc([N+](=O)[O-])ccc3Cl)o2)cc1Cl. The van der Waals surface area contributed by atoms with E-state index in [2.05, 4.69) is 5.32 Å². The van der Waals surface area contributed by atoms with Crippen LogP contribution in [0.2, 0.25) is 10.0 Å². The normalized spacial score (nSPS) is 11.1. The third kappa shape index (κ3) is 4.69. The summed E-state index contributed by atoms with van der Waals surface area (Å²) in [6.45, 7) is 1.83. The first-order valence-corrected chi connectivity index (χ1v) is 9.27. The number of hydrogen-bond acceptors (Lipinski definition) is 5.